The number of carbonyl (C=O) groups excluding carboxylic acids is 1. The molecule has 6 aliphatic rings. The minimum atomic E-state index is -0.872. The summed E-state index contributed by atoms with van der Waals surface area (Å²) in [5, 5.41) is 13.3. The number of allylic oxidation sites excluding steroid dienone is 3. The highest BCUT2D eigenvalue weighted by Crippen LogP contribution is 2.76. The number of terminal acetylenes is 2. The molecule has 1 aliphatic heterocycles. The van der Waals surface area contributed by atoms with E-state index in [0.717, 1.165) is 32.4 Å². The lowest BCUT2D eigenvalue weighted by Gasteiger charge is -2.72. The summed E-state index contributed by atoms with van der Waals surface area (Å²) < 4.78 is 12.1. The summed E-state index contributed by atoms with van der Waals surface area (Å²) in [6.45, 7) is 24.0. The van der Waals surface area contributed by atoms with Crippen molar-refractivity contribution in [1.82, 2.24) is 10.2 Å². The molecule has 3 unspecified atom stereocenters. The minimum Gasteiger partial charge on any atom is -0.478 e. The molecule has 0 spiro atoms. The van der Waals surface area contributed by atoms with Crippen LogP contribution in [0.4, 0.5) is 0 Å². The van der Waals surface area contributed by atoms with Gasteiger partial charge in [-0.3, -0.25) is 13.9 Å². The lowest BCUT2D eigenvalue weighted by molar-refractivity contribution is -0.217. The summed E-state index contributed by atoms with van der Waals surface area (Å²) in [5.41, 5.74) is 3.55. The minimum absolute atomic E-state index is 0.00459. The van der Waals surface area contributed by atoms with Gasteiger partial charge in [0.2, 0.25) is 5.91 Å². The average molecular weight is 785 g/mol. The number of nitrogens with one attached hydrogen (secondary N) is 1. The topological polar surface area (TPSA) is 86.7 Å². The Morgan fingerprint density at radius 1 is 0.875 bits per heavy atom. The second-order valence-electron chi connectivity index (χ2n) is 19.2. The third-order valence-corrected chi connectivity index (χ3v) is 17.5. The van der Waals surface area contributed by atoms with Gasteiger partial charge in [0.1, 0.15) is 0 Å². The molecule has 7 rings (SSSR count). The number of carbonyl (C=O) groups is 2. The van der Waals surface area contributed by atoms with Gasteiger partial charge in [-0.1, -0.05) is 79.2 Å². The van der Waals surface area contributed by atoms with Crippen molar-refractivity contribution in [2.24, 2.45) is 51.2 Å². The summed E-state index contributed by atoms with van der Waals surface area (Å²) in [6, 6.07) is 7.41. The van der Waals surface area contributed by atoms with Crippen molar-refractivity contribution in [1.29, 1.82) is 0 Å². The monoisotopic (exact) mass is 785 g/mol. The Hall–Kier alpha value is -3.13. The zero-order valence-corrected chi connectivity index (χ0v) is 36.7. The lowest BCUT2D eigenvalue weighted by Crippen LogP contribution is -2.68. The molecule has 0 aromatic heterocycles. The molecule has 7 heteroatoms. The molecule has 4 saturated carbocycles. The predicted octanol–water partition coefficient (Wildman–Crippen LogP) is 9.88. The second kappa shape index (κ2) is 17.8. The summed E-state index contributed by atoms with van der Waals surface area (Å²) in [5.74, 6) is 3.34. The van der Waals surface area contributed by atoms with E-state index in [1.165, 1.54) is 56.1 Å². The highest BCUT2D eigenvalue weighted by Gasteiger charge is 2.69. The van der Waals surface area contributed by atoms with Crippen molar-refractivity contribution >= 4 is 28.2 Å². The average Bonchev–Trinajstić information content (AvgIpc) is 3.58. The van der Waals surface area contributed by atoms with Gasteiger partial charge in [-0.05, 0) is 139 Å². The van der Waals surface area contributed by atoms with Crippen LogP contribution in [-0.2, 0) is 15.6 Å². The number of rotatable bonds is 6. The van der Waals surface area contributed by atoms with Gasteiger partial charge in [0.05, 0.1) is 11.6 Å². The van der Waals surface area contributed by atoms with E-state index >= 15 is 0 Å². The molecule has 5 aliphatic carbocycles. The number of amides is 1. The van der Waals surface area contributed by atoms with Crippen LogP contribution in [0.15, 0.2) is 43.0 Å². The fourth-order valence-corrected chi connectivity index (χ4v) is 14.9. The maximum Gasteiger partial charge on any atom is 0.335 e. The molecule has 0 radical (unpaired) electrons. The Balaban J connectivity index is 0.000000936. The van der Waals surface area contributed by atoms with Crippen LogP contribution in [0.2, 0.25) is 0 Å². The molecule has 56 heavy (non-hydrogen) atoms. The molecule has 308 valence electrons. The van der Waals surface area contributed by atoms with Crippen LogP contribution >= 0.6 is 0 Å². The molecule has 1 aromatic rings. The fourth-order valence-electron chi connectivity index (χ4n) is 13.8. The number of carboxylic acids is 1. The van der Waals surface area contributed by atoms with Crippen molar-refractivity contribution in [3.63, 3.8) is 0 Å². The van der Waals surface area contributed by atoms with Crippen LogP contribution in [0.1, 0.15) is 136 Å². The van der Waals surface area contributed by atoms with E-state index in [2.05, 4.69) is 97.0 Å². The first-order valence-electron chi connectivity index (χ1n) is 21.2. The Labute approximate surface area is 343 Å². The smallest absolute Gasteiger partial charge is 0.335 e. The molecule has 6 nitrogen and oxygen atoms in total. The molecule has 0 bridgehead atoms. The van der Waals surface area contributed by atoms with E-state index in [9.17, 15) is 18.9 Å². The van der Waals surface area contributed by atoms with Crippen LogP contribution in [0.25, 0.3) is 5.57 Å². The maximum absolute atomic E-state index is 14.3. The van der Waals surface area contributed by atoms with Crippen molar-refractivity contribution in [2.75, 3.05) is 24.6 Å². The Kier molecular flexibility index (Phi) is 14.5. The highest BCUT2D eigenvalue weighted by molar-refractivity contribution is 7.85. The summed E-state index contributed by atoms with van der Waals surface area (Å²) in [6.07, 6.45) is 32.2. The summed E-state index contributed by atoms with van der Waals surface area (Å²) in [4.78, 5) is 28.1. The molecule has 1 heterocycles. The van der Waals surface area contributed by atoms with Crippen molar-refractivity contribution in [3.05, 3.63) is 54.1 Å². The van der Waals surface area contributed by atoms with Gasteiger partial charge in [-0.15, -0.1) is 32.3 Å². The number of hydrogen-bond acceptors (Lipinski definition) is 4. The van der Waals surface area contributed by atoms with Gasteiger partial charge in [0.25, 0.3) is 0 Å². The van der Waals surface area contributed by atoms with E-state index in [1.54, 1.807) is 18.2 Å². The van der Waals surface area contributed by atoms with E-state index in [0.29, 0.717) is 40.7 Å². The molecule has 1 saturated heterocycles. The maximum atomic E-state index is 14.3. The third-order valence-electron chi connectivity index (χ3n) is 16.3. The van der Waals surface area contributed by atoms with Crippen LogP contribution in [0, 0.1) is 76.9 Å². The Morgan fingerprint density at radius 2 is 1.48 bits per heavy atom. The number of fused-ring (bicyclic) bond motifs is 7. The van der Waals surface area contributed by atoms with Gasteiger partial charge in [-0.2, -0.15) is 0 Å². The SMILES string of the molecule is C#C.C#C.C=CC.CC(C)C(C(=O)N[C@]12CCC[C@@H]1[C@H]1CCC3[C@@]4(C)CC=C(c5ccc(C(=O)O)cc5)C(C)(C)C4CC[C@@]3(C)[C@]1(C)CC2)N1CCS(=O)CC1. The first kappa shape index (κ1) is 45.6. The van der Waals surface area contributed by atoms with E-state index in [-0.39, 0.29) is 45.1 Å². The molecule has 1 aromatic carbocycles. The van der Waals surface area contributed by atoms with Gasteiger partial charge >= 0.3 is 5.97 Å². The molecule has 9 atom stereocenters. The fraction of sp³-hybridized carbons (Fsp3) is 0.673. The number of aromatic carboxylic acids is 1. The first-order chi connectivity index (χ1) is 26.5. The second-order valence-corrected chi connectivity index (χ2v) is 20.9. The van der Waals surface area contributed by atoms with Crippen molar-refractivity contribution in [2.45, 2.75) is 131 Å². The normalized spacial score (nSPS) is 36.3. The summed E-state index contributed by atoms with van der Waals surface area (Å²) >= 11 is 0. The standard InChI is InChI=1S/C42H62N2O4S.C3H6.2C2H2/c1-27(2)35(44-23-25-49(48)26-24-44)36(45)43-42-18-8-9-32(42)31-14-15-34-39(5)19-16-30(28-10-12-29(13-11-28)37(46)47)38(3,4)33(39)17-20-41(34,7)40(31,6)21-22-42;1-3-2;2*1-2/h10-13,16,27,31-35H,8-9,14-15,17-26H2,1-7H3,(H,43,45)(H,46,47);3H,1H2,2H3;2*1-2H/t31-,32-,33?,34?,35?,39+,40-,41-,42+;;;/m1.../s1. The van der Waals surface area contributed by atoms with E-state index in [1.807, 2.05) is 19.1 Å². The Morgan fingerprint density at radius 3 is 2.05 bits per heavy atom. The van der Waals surface area contributed by atoms with Crippen molar-refractivity contribution in [3.8, 4) is 25.7 Å². The number of carboxylic acid groups (broad SMARTS) is 1. The van der Waals surface area contributed by atoms with Crippen LogP contribution < -0.4 is 5.32 Å². The molecule has 2 N–H and O–H groups in total. The van der Waals surface area contributed by atoms with Gasteiger partial charge < -0.3 is 10.4 Å². The Bertz CT molecular complexity index is 1660. The third kappa shape index (κ3) is 7.74. The van der Waals surface area contributed by atoms with Gasteiger partial charge in [0.15, 0.2) is 0 Å². The summed E-state index contributed by atoms with van der Waals surface area (Å²) in [7, 11) is -0.750. The molecule has 5 fully saturated rings. The van der Waals surface area contributed by atoms with E-state index in [4.69, 9.17) is 0 Å². The van der Waals surface area contributed by atoms with Crippen molar-refractivity contribution < 1.29 is 18.9 Å². The number of nitrogens with zero attached hydrogens (tertiary/aromatic N) is 1. The van der Waals surface area contributed by atoms with Gasteiger partial charge in [0, 0.05) is 40.9 Å². The number of hydrogen-bond donors (Lipinski definition) is 2. The molecular weight excluding hydrogens is 713 g/mol. The van der Waals surface area contributed by atoms with E-state index < -0.39 is 16.8 Å². The first-order valence-corrected chi connectivity index (χ1v) is 22.7. The quantitative estimate of drug-likeness (QED) is 0.222. The molecule has 1 amide bonds. The van der Waals surface area contributed by atoms with Crippen LogP contribution in [0.5, 0.6) is 0 Å². The largest absolute Gasteiger partial charge is 0.478 e. The molecular formula is C49H72N2O4S. The lowest BCUT2D eigenvalue weighted by atomic mass is 9.33. The highest BCUT2D eigenvalue weighted by atomic mass is 32.2. The predicted molar refractivity (Wildman–Crippen MR) is 234 cm³/mol. The number of benzene rings is 1. The zero-order valence-electron chi connectivity index (χ0n) is 35.9. The van der Waals surface area contributed by atoms with Crippen LogP contribution in [-0.4, -0.2) is 62.3 Å². The van der Waals surface area contributed by atoms with Crippen LogP contribution in [0.3, 0.4) is 0 Å². The zero-order chi connectivity index (χ0) is 41.9. The van der Waals surface area contributed by atoms with Gasteiger partial charge in [-0.25, -0.2) is 4.79 Å².